The van der Waals surface area contributed by atoms with Crippen LogP contribution in [-0.2, 0) is 0 Å². The number of pyridine rings is 1. The van der Waals surface area contributed by atoms with Crippen molar-refractivity contribution in [2.75, 3.05) is 11.2 Å². The van der Waals surface area contributed by atoms with Crippen molar-refractivity contribution in [3.8, 4) is 5.82 Å². The molecule has 0 aliphatic rings. The number of nitrogens with two attached hydrogens (primary N) is 1. The Morgan fingerprint density at radius 2 is 2.14 bits per heavy atom. The van der Waals surface area contributed by atoms with Crippen LogP contribution in [0.15, 0.2) is 49.6 Å². The van der Waals surface area contributed by atoms with Crippen molar-refractivity contribution in [2.45, 2.75) is 0 Å². The smallest absolute Gasteiger partial charge is 0.271 e. The molecule has 22 heavy (non-hydrogen) atoms. The van der Waals surface area contributed by atoms with Crippen molar-refractivity contribution in [2.24, 2.45) is 0 Å². The Kier molecular flexibility index (Phi) is 3.60. The van der Waals surface area contributed by atoms with Gasteiger partial charge in [-0.15, -0.1) is 0 Å². The van der Waals surface area contributed by atoms with E-state index in [1.165, 1.54) is 12.5 Å². The van der Waals surface area contributed by atoms with Crippen molar-refractivity contribution >= 4 is 17.4 Å². The third-order valence-corrected chi connectivity index (χ3v) is 2.83. The predicted octanol–water partition coefficient (Wildman–Crippen LogP) is 0.396. The van der Waals surface area contributed by atoms with Gasteiger partial charge in [0.2, 0.25) is 0 Å². The van der Waals surface area contributed by atoms with Crippen LogP contribution in [0.1, 0.15) is 10.4 Å². The summed E-state index contributed by atoms with van der Waals surface area (Å²) in [6, 6.07) is 3.31. The molecule has 0 radical (unpaired) electrons. The number of nitrogens with zero attached hydrogens (tertiary/aromatic N) is 5. The number of carbonyl (C=O) groups excluding carboxylic acids is 1. The van der Waals surface area contributed by atoms with E-state index in [1.54, 1.807) is 41.6 Å². The fraction of sp³-hybridized carbons (Fsp3) is 0. The Balaban J connectivity index is 1.76. The summed E-state index contributed by atoms with van der Waals surface area (Å²) in [6.45, 7) is 0. The number of imidazole rings is 1. The molecule has 0 atom stereocenters. The Labute approximate surface area is 125 Å². The predicted molar refractivity (Wildman–Crippen MR) is 78.9 cm³/mol. The molecule has 0 aliphatic carbocycles. The van der Waals surface area contributed by atoms with Crippen molar-refractivity contribution in [3.63, 3.8) is 0 Å². The van der Waals surface area contributed by atoms with Gasteiger partial charge in [0.15, 0.2) is 11.6 Å². The van der Waals surface area contributed by atoms with Gasteiger partial charge in [0.25, 0.3) is 5.91 Å². The number of aromatic nitrogens is 5. The lowest BCUT2D eigenvalue weighted by molar-refractivity contribution is 0.0962. The lowest BCUT2D eigenvalue weighted by Gasteiger charge is -2.12. The summed E-state index contributed by atoms with van der Waals surface area (Å²) >= 11 is 0. The highest BCUT2D eigenvalue weighted by molar-refractivity contribution is 5.94. The van der Waals surface area contributed by atoms with E-state index >= 15 is 0 Å². The molecule has 0 spiro atoms. The first-order chi connectivity index (χ1) is 10.8. The highest BCUT2D eigenvalue weighted by Crippen LogP contribution is 2.20. The summed E-state index contributed by atoms with van der Waals surface area (Å²) in [7, 11) is 0. The zero-order valence-electron chi connectivity index (χ0n) is 11.3. The maximum Gasteiger partial charge on any atom is 0.271 e. The summed E-state index contributed by atoms with van der Waals surface area (Å²) in [5.74, 6) is 0.400. The van der Waals surface area contributed by atoms with Crippen LogP contribution in [0.3, 0.4) is 0 Å². The molecule has 110 valence electrons. The van der Waals surface area contributed by atoms with E-state index in [0.717, 1.165) is 0 Å². The number of hydrogen-bond acceptors (Lipinski definition) is 7. The zero-order chi connectivity index (χ0) is 15.4. The molecule has 9 nitrogen and oxygen atoms in total. The molecule has 0 fully saturated rings. The molecule has 4 N–H and O–H groups in total. The van der Waals surface area contributed by atoms with Gasteiger partial charge in [0.05, 0.1) is 5.56 Å². The number of anilines is 2. The van der Waals surface area contributed by atoms with Crippen LogP contribution in [0.25, 0.3) is 5.82 Å². The molecule has 0 saturated carbocycles. The summed E-state index contributed by atoms with van der Waals surface area (Å²) in [5.41, 5.74) is 11.9. The molecule has 3 rings (SSSR count). The van der Waals surface area contributed by atoms with E-state index in [2.05, 4.69) is 30.8 Å². The van der Waals surface area contributed by atoms with Crippen molar-refractivity contribution in [3.05, 3.63) is 55.1 Å². The lowest BCUT2D eigenvalue weighted by Crippen LogP contribution is -2.30. The molecule has 0 aliphatic heterocycles. The van der Waals surface area contributed by atoms with Crippen LogP contribution in [-0.4, -0.2) is 30.4 Å². The van der Waals surface area contributed by atoms with Gasteiger partial charge in [-0.2, -0.15) is 0 Å². The molecule has 0 aromatic carbocycles. The van der Waals surface area contributed by atoms with E-state index in [1.807, 2.05) is 0 Å². The van der Waals surface area contributed by atoms with Gasteiger partial charge in [0.1, 0.15) is 18.3 Å². The Bertz CT molecular complexity index is 772. The summed E-state index contributed by atoms with van der Waals surface area (Å²) in [5, 5.41) is 0. The number of nitrogens with one attached hydrogen (secondary N) is 2. The molecule has 9 heteroatoms. The molecule has 3 heterocycles. The second kappa shape index (κ2) is 5.87. The summed E-state index contributed by atoms with van der Waals surface area (Å²) in [6.07, 6.45) is 9.26. The van der Waals surface area contributed by atoms with Crippen molar-refractivity contribution < 1.29 is 4.79 Å². The van der Waals surface area contributed by atoms with Crippen LogP contribution < -0.4 is 16.6 Å². The molecular formula is C13H12N8O. The Morgan fingerprint density at radius 1 is 1.23 bits per heavy atom. The Morgan fingerprint density at radius 3 is 2.86 bits per heavy atom. The van der Waals surface area contributed by atoms with E-state index in [0.29, 0.717) is 11.4 Å². The maximum absolute atomic E-state index is 11.9. The second-order valence-electron chi connectivity index (χ2n) is 4.25. The quantitative estimate of drug-likeness (QED) is 0.595. The van der Waals surface area contributed by atoms with Crippen LogP contribution >= 0.6 is 0 Å². The highest BCUT2D eigenvalue weighted by atomic mass is 16.2. The molecular weight excluding hydrogens is 284 g/mol. The minimum absolute atomic E-state index is 0.284. The lowest BCUT2D eigenvalue weighted by atomic mass is 10.3. The van der Waals surface area contributed by atoms with Crippen molar-refractivity contribution in [1.29, 1.82) is 0 Å². The van der Waals surface area contributed by atoms with Crippen LogP contribution in [0, 0.1) is 0 Å². The van der Waals surface area contributed by atoms with Gasteiger partial charge in [-0.25, -0.2) is 15.0 Å². The average molecular weight is 296 g/mol. The van der Waals surface area contributed by atoms with E-state index < -0.39 is 0 Å². The SMILES string of the molecule is Nc1c(NNC(=O)c2cccnc2)ncnc1-n1ccnc1. The van der Waals surface area contributed by atoms with E-state index in [-0.39, 0.29) is 17.4 Å². The van der Waals surface area contributed by atoms with Gasteiger partial charge in [-0.05, 0) is 12.1 Å². The molecule has 1 amide bonds. The highest BCUT2D eigenvalue weighted by Gasteiger charge is 2.11. The maximum atomic E-state index is 11.9. The normalized spacial score (nSPS) is 10.2. The van der Waals surface area contributed by atoms with Gasteiger partial charge < -0.3 is 5.73 Å². The first-order valence-electron chi connectivity index (χ1n) is 6.31. The van der Waals surface area contributed by atoms with Crippen LogP contribution in [0.5, 0.6) is 0 Å². The number of hydrogen-bond donors (Lipinski definition) is 3. The number of rotatable bonds is 4. The first-order valence-corrected chi connectivity index (χ1v) is 6.31. The largest absolute Gasteiger partial charge is 0.393 e. The number of amides is 1. The first kappa shape index (κ1) is 13.5. The fourth-order valence-electron chi connectivity index (χ4n) is 1.76. The minimum Gasteiger partial charge on any atom is -0.393 e. The number of hydrazine groups is 1. The fourth-order valence-corrected chi connectivity index (χ4v) is 1.76. The third-order valence-electron chi connectivity index (χ3n) is 2.83. The summed E-state index contributed by atoms with van der Waals surface area (Å²) < 4.78 is 1.64. The molecule has 3 aromatic heterocycles. The van der Waals surface area contributed by atoms with Gasteiger partial charge in [-0.3, -0.25) is 25.2 Å². The molecule has 0 saturated heterocycles. The second-order valence-corrected chi connectivity index (χ2v) is 4.25. The summed E-state index contributed by atoms with van der Waals surface area (Å²) in [4.78, 5) is 27.8. The Hall–Kier alpha value is -3.49. The topological polar surface area (TPSA) is 124 Å². The van der Waals surface area contributed by atoms with E-state index in [9.17, 15) is 4.79 Å². The van der Waals surface area contributed by atoms with Crippen LogP contribution in [0.4, 0.5) is 11.5 Å². The van der Waals surface area contributed by atoms with Gasteiger partial charge in [0, 0.05) is 24.8 Å². The van der Waals surface area contributed by atoms with Gasteiger partial charge in [-0.1, -0.05) is 0 Å². The third kappa shape index (κ3) is 2.68. The molecule has 0 unspecified atom stereocenters. The standard InChI is InChI=1S/C13H12N8O/c14-10-11(17-7-18-12(10)21-5-4-16-8-21)19-20-13(22)9-2-1-3-15-6-9/h1-8H,14H2,(H,20,22)(H,17,18,19). The van der Waals surface area contributed by atoms with E-state index in [4.69, 9.17) is 5.73 Å². The van der Waals surface area contributed by atoms with Gasteiger partial charge >= 0.3 is 0 Å². The number of nitrogen functional groups attached to an aromatic ring is 1. The van der Waals surface area contributed by atoms with Crippen LogP contribution in [0.2, 0.25) is 0 Å². The zero-order valence-corrected chi connectivity index (χ0v) is 11.3. The monoisotopic (exact) mass is 296 g/mol. The number of carbonyl (C=O) groups is 1. The molecule has 0 bridgehead atoms. The van der Waals surface area contributed by atoms with Crippen molar-refractivity contribution in [1.82, 2.24) is 29.9 Å². The average Bonchev–Trinajstić information content (AvgIpc) is 3.08. The minimum atomic E-state index is -0.352. The molecule has 3 aromatic rings.